The molecule has 2 aromatic rings. The molecule has 0 amide bonds. The van der Waals surface area contributed by atoms with E-state index in [4.69, 9.17) is 4.74 Å². The van der Waals surface area contributed by atoms with Crippen molar-refractivity contribution in [3.8, 4) is 0 Å². The lowest BCUT2D eigenvalue weighted by Gasteiger charge is -2.27. The molecular weight excluding hydrogens is 324 g/mol. The Bertz CT molecular complexity index is 741. The van der Waals surface area contributed by atoms with Gasteiger partial charge in [0.25, 0.3) is 5.69 Å². The number of benzene rings is 1. The third kappa shape index (κ3) is 4.27. The number of anilines is 2. The Morgan fingerprint density at radius 1 is 1.20 bits per heavy atom. The predicted molar refractivity (Wildman–Crippen MR) is 94.2 cm³/mol. The number of non-ortho nitro benzene ring substituents is 1. The van der Waals surface area contributed by atoms with Crippen molar-refractivity contribution in [3.63, 3.8) is 0 Å². The zero-order chi connectivity index (χ0) is 17.6. The minimum atomic E-state index is -0.432. The van der Waals surface area contributed by atoms with Crippen LogP contribution in [0.2, 0.25) is 0 Å². The summed E-state index contributed by atoms with van der Waals surface area (Å²) in [6.07, 6.45) is 1.61. The monoisotopic (exact) mass is 342 g/mol. The highest BCUT2D eigenvalue weighted by molar-refractivity contribution is 5.80. The maximum Gasteiger partial charge on any atom is 0.269 e. The van der Waals surface area contributed by atoms with Crippen molar-refractivity contribution in [1.82, 2.24) is 10.2 Å². The van der Waals surface area contributed by atoms with E-state index in [1.54, 1.807) is 30.4 Å². The normalized spacial score (nSPS) is 14.7. The summed E-state index contributed by atoms with van der Waals surface area (Å²) < 4.78 is 5.32. The van der Waals surface area contributed by atoms with Crippen LogP contribution in [-0.4, -0.2) is 54.7 Å². The Balaban J connectivity index is 1.64. The molecule has 3 rings (SSSR count). The molecule has 1 aromatic heterocycles. The Hall–Kier alpha value is -3.07. The smallest absolute Gasteiger partial charge is 0.269 e. The molecule has 1 fully saturated rings. The number of hydrazone groups is 1. The van der Waals surface area contributed by atoms with Crippen molar-refractivity contribution < 1.29 is 9.66 Å². The molecule has 0 N–H and O–H groups in total. The zero-order valence-corrected chi connectivity index (χ0v) is 13.8. The van der Waals surface area contributed by atoms with Gasteiger partial charge in [0.05, 0.1) is 24.4 Å². The fraction of sp³-hybridized carbons (Fsp3) is 0.312. The number of rotatable bonds is 5. The van der Waals surface area contributed by atoms with Crippen molar-refractivity contribution in [2.45, 2.75) is 0 Å². The fourth-order valence-electron chi connectivity index (χ4n) is 2.35. The summed E-state index contributed by atoms with van der Waals surface area (Å²) >= 11 is 0. The minimum absolute atomic E-state index is 0.0510. The number of ether oxygens (including phenoxy) is 1. The number of aromatic nitrogens is 2. The average molecular weight is 342 g/mol. The van der Waals surface area contributed by atoms with Crippen LogP contribution in [0.15, 0.2) is 41.5 Å². The molecule has 2 heterocycles. The minimum Gasteiger partial charge on any atom is -0.378 e. The average Bonchev–Trinajstić information content (AvgIpc) is 2.67. The molecule has 0 radical (unpaired) electrons. The van der Waals surface area contributed by atoms with E-state index < -0.39 is 4.92 Å². The van der Waals surface area contributed by atoms with Gasteiger partial charge in [-0.25, -0.2) is 5.01 Å². The summed E-state index contributed by atoms with van der Waals surface area (Å²) in [5.41, 5.74) is 0.811. The summed E-state index contributed by atoms with van der Waals surface area (Å²) in [6.45, 7) is 3.01. The quantitative estimate of drug-likeness (QED) is 0.463. The Kier molecular flexibility index (Phi) is 5.14. The first-order valence-corrected chi connectivity index (χ1v) is 7.82. The second-order valence-corrected chi connectivity index (χ2v) is 5.47. The first kappa shape index (κ1) is 16.8. The van der Waals surface area contributed by atoms with Gasteiger partial charge in [0.15, 0.2) is 11.6 Å². The molecule has 0 bridgehead atoms. The van der Waals surface area contributed by atoms with Crippen LogP contribution < -0.4 is 9.91 Å². The maximum absolute atomic E-state index is 10.6. The van der Waals surface area contributed by atoms with Gasteiger partial charge in [-0.15, -0.1) is 10.2 Å². The van der Waals surface area contributed by atoms with E-state index in [1.165, 1.54) is 12.1 Å². The summed E-state index contributed by atoms with van der Waals surface area (Å²) in [7, 11) is 1.76. The largest absolute Gasteiger partial charge is 0.378 e. The second kappa shape index (κ2) is 7.67. The number of morpholine rings is 1. The predicted octanol–water partition coefficient (Wildman–Crippen LogP) is 1.69. The van der Waals surface area contributed by atoms with E-state index in [9.17, 15) is 10.1 Å². The molecule has 25 heavy (non-hydrogen) atoms. The first-order chi connectivity index (χ1) is 12.1. The topological polar surface area (TPSA) is 97.0 Å². The Morgan fingerprint density at radius 2 is 1.92 bits per heavy atom. The van der Waals surface area contributed by atoms with Crippen LogP contribution in [0.5, 0.6) is 0 Å². The van der Waals surface area contributed by atoms with Gasteiger partial charge in [-0.05, 0) is 29.8 Å². The van der Waals surface area contributed by atoms with Crippen molar-refractivity contribution in [3.05, 3.63) is 52.1 Å². The number of hydrogen-bond acceptors (Lipinski definition) is 8. The molecule has 0 atom stereocenters. The number of hydrogen-bond donors (Lipinski definition) is 0. The third-order valence-corrected chi connectivity index (χ3v) is 3.79. The van der Waals surface area contributed by atoms with Crippen molar-refractivity contribution in [2.75, 3.05) is 43.3 Å². The maximum atomic E-state index is 10.6. The van der Waals surface area contributed by atoms with E-state index in [0.717, 1.165) is 24.5 Å². The first-order valence-electron chi connectivity index (χ1n) is 7.82. The molecule has 0 aliphatic carbocycles. The Morgan fingerprint density at radius 3 is 2.52 bits per heavy atom. The van der Waals surface area contributed by atoms with E-state index in [0.29, 0.717) is 19.0 Å². The van der Waals surface area contributed by atoms with Gasteiger partial charge in [0, 0.05) is 32.3 Å². The highest BCUT2D eigenvalue weighted by atomic mass is 16.6. The summed E-state index contributed by atoms with van der Waals surface area (Å²) in [5, 5.41) is 25.0. The molecule has 0 saturated carbocycles. The van der Waals surface area contributed by atoms with Crippen LogP contribution in [0.4, 0.5) is 17.3 Å². The van der Waals surface area contributed by atoms with E-state index in [1.807, 2.05) is 12.1 Å². The van der Waals surface area contributed by atoms with Crippen LogP contribution in [0.25, 0.3) is 0 Å². The SMILES string of the molecule is CN(/N=C\c1ccc([N+](=O)[O-])cc1)c1ccc(N2CCOCC2)nn1. The molecule has 1 saturated heterocycles. The number of nitro groups is 1. The molecule has 130 valence electrons. The molecule has 9 heteroatoms. The van der Waals surface area contributed by atoms with Gasteiger partial charge in [-0.2, -0.15) is 5.10 Å². The molecule has 1 aliphatic heterocycles. The standard InChI is InChI=1S/C16H18N6O3/c1-20(17-12-13-2-4-14(5-3-13)22(23)24)15-6-7-16(19-18-15)21-8-10-25-11-9-21/h2-7,12H,8-11H2,1H3/b17-12-. The summed E-state index contributed by atoms with van der Waals surface area (Å²) in [6, 6.07) is 9.93. The van der Waals surface area contributed by atoms with Crippen molar-refractivity contribution in [1.29, 1.82) is 0 Å². The van der Waals surface area contributed by atoms with E-state index in [2.05, 4.69) is 20.2 Å². The van der Waals surface area contributed by atoms with Gasteiger partial charge in [-0.1, -0.05) is 0 Å². The molecule has 1 aliphatic rings. The van der Waals surface area contributed by atoms with Gasteiger partial charge in [-0.3, -0.25) is 10.1 Å². The lowest BCUT2D eigenvalue weighted by molar-refractivity contribution is -0.384. The molecule has 1 aromatic carbocycles. The Labute approximate surface area is 144 Å². The van der Waals surface area contributed by atoms with Crippen LogP contribution >= 0.6 is 0 Å². The molecular formula is C16H18N6O3. The van der Waals surface area contributed by atoms with E-state index >= 15 is 0 Å². The second-order valence-electron chi connectivity index (χ2n) is 5.47. The van der Waals surface area contributed by atoms with Gasteiger partial charge < -0.3 is 9.64 Å². The number of nitrogens with zero attached hydrogens (tertiary/aromatic N) is 6. The van der Waals surface area contributed by atoms with Crippen LogP contribution in [0.3, 0.4) is 0 Å². The van der Waals surface area contributed by atoms with Crippen LogP contribution in [0.1, 0.15) is 5.56 Å². The molecule has 0 unspecified atom stereocenters. The molecule has 9 nitrogen and oxygen atoms in total. The lowest BCUT2D eigenvalue weighted by atomic mass is 10.2. The highest BCUT2D eigenvalue weighted by Gasteiger charge is 2.13. The van der Waals surface area contributed by atoms with Gasteiger partial charge in [0.2, 0.25) is 0 Å². The fourth-order valence-corrected chi connectivity index (χ4v) is 2.35. The molecule has 0 spiro atoms. The van der Waals surface area contributed by atoms with Crippen LogP contribution in [0, 0.1) is 10.1 Å². The highest BCUT2D eigenvalue weighted by Crippen LogP contribution is 2.15. The third-order valence-electron chi connectivity index (χ3n) is 3.79. The summed E-state index contributed by atoms with van der Waals surface area (Å²) in [5.74, 6) is 1.43. The number of nitro benzene ring substituents is 1. The van der Waals surface area contributed by atoms with E-state index in [-0.39, 0.29) is 5.69 Å². The summed E-state index contributed by atoms with van der Waals surface area (Å²) in [4.78, 5) is 12.3. The lowest BCUT2D eigenvalue weighted by Crippen LogP contribution is -2.36. The van der Waals surface area contributed by atoms with Gasteiger partial charge in [0.1, 0.15) is 0 Å². The zero-order valence-electron chi connectivity index (χ0n) is 13.8. The van der Waals surface area contributed by atoms with Crippen molar-refractivity contribution in [2.24, 2.45) is 5.10 Å². The van der Waals surface area contributed by atoms with Crippen LogP contribution in [-0.2, 0) is 4.74 Å². The van der Waals surface area contributed by atoms with Crippen molar-refractivity contribution >= 4 is 23.5 Å². The van der Waals surface area contributed by atoms with Gasteiger partial charge >= 0.3 is 0 Å².